The summed E-state index contributed by atoms with van der Waals surface area (Å²) in [5.41, 5.74) is 1.41. The van der Waals surface area contributed by atoms with Gasteiger partial charge in [0.1, 0.15) is 0 Å². The van der Waals surface area contributed by atoms with Crippen molar-refractivity contribution in [2.75, 3.05) is 5.32 Å². The number of nitrogens with zero attached hydrogens (tertiary/aromatic N) is 1. The number of hydrogen-bond donors (Lipinski definition) is 2. The summed E-state index contributed by atoms with van der Waals surface area (Å²) >= 11 is 18.1. The molecule has 0 unspecified atom stereocenters. The van der Waals surface area contributed by atoms with Gasteiger partial charge in [0.25, 0.3) is 5.56 Å². The Morgan fingerprint density at radius 2 is 1.86 bits per heavy atom. The number of benzene rings is 2. The standard InChI is InChI=1S/C15H10Cl3N3O/c16-9-1-4-13(17)8(5-9)7-19-10-2-3-11-12(6-10)14(18)20-21-15(11)22/h1-6,19H,7H2,(H,21,22). The van der Waals surface area contributed by atoms with Crippen LogP contribution in [0.5, 0.6) is 0 Å². The molecular weight excluding hydrogens is 345 g/mol. The number of nitrogens with one attached hydrogen (secondary N) is 2. The third-order valence-corrected chi connectivity index (χ3v) is 4.12. The van der Waals surface area contributed by atoms with Gasteiger partial charge in [-0.25, -0.2) is 5.10 Å². The lowest BCUT2D eigenvalue weighted by molar-refractivity contribution is 1.01. The highest BCUT2D eigenvalue weighted by molar-refractivity contribution is 6.34. The first-order valence-corrected chi connectivity index (χ1v) is 7.54. The second-order valence-corrected chi connectivity index (χ2v) is 5.89. The summed E-state index contributed by atoms with van der Waals surface area (Å²) in [5.74, 6) is 0. The Bertz CT molecular complexity index is 908. The number of aromatic nitrogens is 2. The molecule has 0 fully saturated rings. The molecule has 0 amide bonds. The quantitative estimate of drug-likeness (QED) is 0.728. The van der Waals surface area contributed by atoms with Crippen molar-refractivity contribution < 1.29 is 0 Å². The normalized spacial score (nSPS) is 10.9. The summed E-state index contributed by atoms with van der Waals surface area (Å²) in [6.07, 6.45) is 0. The van der Waals surface area contributed by atoms with Crippen molar-refractivity contribution in [3.8, 4) is 0 Å². The molecule has 3 aromatic rings. The van der Waals surface area contributed by atoms with E-state index in [1.54, 1.807) is 36.4 Å². The van der Waals surface area contributed by atoms with Gasteiger partial charge in [-0.05, 0) is 42.0 Å². The highest BCUT2D eigenvalue weighted by Crippen LogP contribution is 2.24. The Kier molecular flexibility index (Phi) is 4.25. The third-order valence-electron chi connectivity index (χ3n) is 3.23. The van der Waals surface area contributed by atoms with E-state index in [9.17, 15) is 4.79 Å². The number of anilines is 1. The monoisotopic (exact) mass is 353 g/mol. The van der Waals surface area contributed by atoms with E-state index in [0.29, 0.717) is 27.4 Å². The molecule has 4 nitrogen and oxygen atoms in total. The van der Waals surface area contributed by atoms with Gasteiger partial charge >= 0.3 is 0 Å². The summed E-state index contributed by atoms with van der Waals surface area (Å²) in [5, 5.41) is 11.9. The van der Waals surface area contributed by atoms with Gasteiger partial charge in [0.2, 0.25) is 0 Å². The van der Waals surface area contributed by atoms with Gasteiger partial charge in [-0.2, -0.15) is 5.10 Å². The van der Waals surface area contributed by atoms with E-state index in [-0.39, 0.29) is 10.7 Å². The Morgan fingerprint density at radius 1 is 1.05 bits per heavy atom. The van der Waals surface area contributed by atoms with Crippen molar-refractivity contribution in [3.05, 3.63) is 67.5 Å². The van der Waals surface area contributed by atoms with Gasteiger partial charge in [0.15, 0.2) is 5.15 Å². The molecule has 0 aliphatic rings. The predicted octanol–water partition coefficient (Wildman–Crippen LogP) is 4.50. The second-order valence-electron chi connectivity index (χ2n) is 4.69. The Labute approximate surface area is 141 Å². The first-order valence-electron chi connectivity index (χ1n) is 6.40. The van der Waals surface area contributed by atoms with Crippen LogP contribution in [0.3, 0.4) is 0 Å². The number of fused-ring (bicyclic) bond motifs is 1. The van der Waals surface area contributed by atoms with Crippen LogP contribution in [-0.2, 0) is 6.54 Å². The zero-order valence-corrected chi connectivity index (χ0v) is 13.4. The lowest BCUT2D eigenvalue weighted by Crippen LogP contribution is -2.08. The fourth-order valence-electron chi connectivity index (χ4n) is 2.12. The number of hydrogen-bond acceptors (Lipinski definition) is 3. The molecule has 0 atom stereocenters. The van der Waals surface area contributed by atoms with Crippen LogP contribution in [0.15, 0.2) is 41.2 Å². The van der Waals surface area contributed by atoms with Crippen LogP contribution in [0.25, 0.3) is 10.8 Å². The lowest BCUT2D eigenvalue weighted by Gasteiger charge is -2.09. The Hall–Kier alpha value is -1.75. The smallest absolute Gasteiger partial charge is 0.272 e. The molecule has 3 rings (SSSR count). The van der Waals surface area contributed by atoms with Crippen molar-refractivity contribution in [2.45, 2.75) is 6.54 Å². The second kappa shape index (κ2) is 6.16. The van der Waals surface area contributed by atoms with Crippen molar-refractivity contribution in [2.24, 2.45) is 0 Å². The van der Waals surface area contributed by atoms with Crippen molar-refractivity contribution in [3.63, 3.8) is 0 Å². The van der Waals surface area contributed by atoms with Crippen LogP contribution in [0.4, 0.5) is 5.69 Å². The van der Waals surface area contributed by atoms with E-state index in [4.69, 9.17) is 34.8 Å². The van der Waals surface area contributed by atoms with Gasteiger partial charge in [0, 0.05) is 27.7 Å². The third kappa shape index (κ3) is 3.04. The highest BCUT2D eigenvalue weighted by atomic mass is 35.5. The number of H-pyrrole nitrogens is 1. The maximum absolute atomic E-state index is 11.7. The van der Waals surface area contributed by atoms with Crippen LogP contribution in [-0.4, -0.2) is 10.2 Å². The molecule has 22 heavy (non-hydrogen) atoms. The van der Waals surface area contributed by atoms with Crippen LogP contribution in [0, 0.1) is 0 Å². The van der Waals surface area contributed by atoms with Gasteiger partial charge in [0.05, 0.1) is 5.39 Å². The summed E-state index contributed by atoms with van der Waals surface area (Å²) in [4.78, 5) is 11.7. The molecule has 0 saturated heterocycles. The molecule has 1 aromatic heterocycles. The average molecular weight is 355 g/mol. The van der Waals surface area contributed by atoms with E-state index >= 15 is 0 Å². The zero-order valence-electron chi connectivity index (χ0n) is 11.2. The first-order chi connectivity index (χ1) is 10.5. The number of aromatic amines is 1. The molecule has 0 bridgehead atoms. The number of halogens is 3. The molecule has 0 aliphatic carbocycles. The van der Waals surface area contributed by atoms with E-state index in [0.717, 1.165) is 11.3 Å². The molecular formula is C15H10Cl3N3O. The number of rotatable bonds is 3. The fourth-order valence-corrected chi connectivity index (χ4v) is 2.70. The van der Waals surface area contributed by atoms with E-state index in [1.807, 2.05) is 0 Å². The summed E-state index contributed by atoms with van der Waals surface area (Å²) in [6.45, 7) is 0.499. The van der Waals surface area contributed by atoms with Crippen LogP contribution in [0.2, 0.25) is 15.2 Å². The molecule has 1 heterocycles. The average Bonchev–Trinajstić information content (AvgIpc) is 2.52. The van der Waals surface area contributed by atoms with E-state index in [1.165, 1.54) is 0 Å². The van der Waals surface area contributed by atoms with Gasteiger partial charge in [-0.1, -0.05) is 34.8 Å². The molecule has 112 valence electrons. The summed E-state index contributed by atoms with van der Waals surface area (Å²) < 4.78 is 0. The van der Waals surface area contributed by atoms with Gasteiger partial charge < -0.3 is 5.32 Å². The Balaban J connectivity index is 1.90. The SMILES string of the molecule is O=c1[nH]nc(Cl)c2cc(NCc3cc(Cl)ccc3Cl)ccc12. The molecule has 0 aliphatic heterocycles. The maximum Gasteiger partial charge on any atom is 0.272 e. The van der Waals surface area contributed by atoms with E-state index < -0.39 is 0 Å². The molecule has 0 spiro atoms. The van der Waals surface area contributed by atoms with Crippen LogP contribution >= 0.6 is 34.8 Å². The van der Waals surface area contributed by atoms with E-state index in [2.05, 4.69) is 15.5 Å². The predicted molar refractivity (Wildman–Crippen MR) is 91.2 cm³/mol. The zero-order chi connectivity index (χ0) is 15.7. The minimum atomic E-state index is -0.274. The lowest BCUT2D eigenvalue weighted by atomic mass is 10.1. The largest absolute Gasteiger partial charge is 0.381 e. The molecule has 2 N–H and O–H groups in total. The van der Waals surface area contributed by atoms with Gasteiger partial charge in [-0.15, -0.1) is 0 Å². The molecule has 0 radical (unpaired) electrons. The Morgan fingerprint density at radius 3 is 2.68 bits per heavy atom. The minimum absolute atomic E-state index is 0.249. The molecule has 0 saturated carbocycles. The van der Waals surface area contributed by atoms with Crippen LogP contribution < -0.4 is 10.9 Å². The van der Waals surface area contributed by atoms with Gasteiger partial charge in [-0.3, -0.25) is 4.79 Å². The van der Waals surface area contributed by atoms with Crippen molar-refractivity contribution >= 4 is 51.3 Å². The summed E-state index contributed by atoms with van der Waals surface area (Å²) in [7, 11) is 0. The maximum atomic E-state index is 11.7. The topological polar surface area (TPSA) is 57.8 Å². The van der Waals surface area contributed by atoms with Crippen molar-refractivity contribution in [1.29, 1.82) is 0 Å². The minimum Gasteiger partial charge on any atom is -0.381 e. The summed E-state index contributed by atoms with van der Waals surface area (Å²) in [6, 6.07) is 10.6. The first kappa shape index (κ1) is 15.2. The fraction of sp³-hybridized carbons (Fsp3) is 0.0667. The molecule has 2 aromatic carbocycles. The van der Waals surface area contributed by atoms with Crippen molar-refractivity contribution in [1.82, 2.24) is 10.2 Å². The highest BCUT2D eigenvalue weighted by Gasteiger charge is 2.06. The molecule has 7 heteroatoms. The van der Waals surface area contributed by atoms with Crippen LogP contribution in [0.1, 0.15) is 5.56 Å².